The topological polar surface area (TPSA) is 59.2 Å². The lowest BCUT2D eigenvalue weighted by molar-refractivity contribution is 0.171. The molecule has 2 aromatic rings. The fraction of sp³-hybridized carbons (Fsp3) is 0.308. The van der Waals surface area contributed by atoms with Gasteiger partial charge in [-0.15, -0.1) is 0 Å². The molecule has 0 fully saturated rings. The summed E-state index contributed by atoms with van der Waals surface area (Å²) in [6.07, 6.45) is 4.44. The van der Waals surface area contributed by atoms with Gasteiger partial charge < -0.3 is 19.8 Å². The minimum Gasteiger partial charge on any atom is -0.486 e. The molecule has 0 radical (unpaired) electrons. The molecule has 1 aliphatic rings. The van der Waals surface area contributed by atoms with E-state index in [-0.39, 0.29) is 0 Å². The van der Waals surface area contributed by atoms with Gasteiger partial charge in [0, 0.05) is 18.9 Å². The Morgan fingerprint density at radius 2 is 2.11 bits per heavy atom. The summed E-state index contributed by atoms with van der Waals surface area (Å²) in [6, 6.07) is 6.08. The number of aromatic nitrogens is 2. The van der Waals surface area contributed by atoms with Crippen molar-refractivity contribution < 1.29 is 9.47 Å². The van der Waals surface area contributed by atoms with Crippen LogP contribution in [-0.4, -0.2) is 29.7 Å². The Morgan fingerprint density at radius 1 is 1.22 bits per heavy atom. The maximum absolute atomic E-state index is 5.55. The second-order valence-electron chi connectivity index (χ2n) is 4.09. The first-order valence-corrected chi connectivity index (χ1v) is 6.03. The van der Waals surface area contributed by atoms with Crippen LogP contribution in [0.3, 0.4) is 0 Å². The predicted molar refractivity (Wildman–Crippen MR) is 68.2 cm³/mol. The Kier molecular flexibility index (Phi) is 3.04. The van der Waals surface area contributed by atoms with Crippen molar-refractivity contribution in [2.24, 2.45) is 0 Å². The smallest absolute Gasteiger partial charge is 0.200 e. The summed E-state index contributed by atoms with van der Waals surface area (Å²) in [4.78, 5) is 7.11. The minimum absolute atomic E-state index is 0.626. The second-order valence-corrected chi connectivity index (χ2v) is 4.09. The van der Waals surface area contributed by atoms with E-state index in [1.165, 1.54) is 5.56 Å². The summed E-state index contributed by atoms with van der Waals surface area (Å²) in [5.74, 6) is 2.48. The van der Waals surface area contributed by atoms with Gasteiger partial charge >= 0.3 is 0 Å². The number of hydrogen-bond donors (Lipinski definition) is 2. The Balaban J connectivity index is 1.59. The molecule has 1 aromatic carbocycles. The molecule has 1 aliphatic heterocycles. The van der Waals surface area contributed by atoms with Gasteiger partial charge in [-0.3, -0.25) is 0 Å². The number of imidazole rings is 1. The van der Waals surface area contributed by atoms with Crippen molar-refractivity contribution in [2.45, 2.75) is 6.42 Å². The summed E-state index contributed by atoms with van der Waals surface area (Å²) in [6.45, 7) is 2.08. The summed E-state index contributed by atoms with van der Waals surface area (Å²) >= 11 is 0. The fourth-order valence-corrected chi connectivity index (χ4v) is 1.93. The van der Waals surface area contributed by atoms with E-state index < -0.39 is 0 Å². The van der Waals surface area contributed by atoms with Gasteiger partial charge in [0.1, 0.15) is 13.2 Å². The second kappa shape index (κ2) is 5.00. The highest BCUT2D eigenvalue weighted by molar-refractivity contribution is 5.44. The Morgan fingerprint density at radius 3 is 2.94 bits per heavy atom. The number of hydrogen-bond acceptors (Lipinski definition) is 4. The summed E-state index contributed by atoms with van der Waals surface area (Å²) < 4.78 is 11.0. The molecule has 0 bridgehead atoms. The molecule has 1 aromatic heterocycles. The van der Waals surface area contributed by atoms with Crippen molar-refractivity contribution in [1.82, 2.24) is 9.97 Å². The van der Waals surface area contributed by atoms with Crippen LogP contribution in [0.25, 0.3) is 0 Å². The quantitative estimate of drug-likeness (QED) is 0.862. The van der Waals surface area contributed by atoms with Gasteiger partial charge in [0.05, 0.1) is 0 Å². The lowest BCUT2D eigenvalue weighted by atomic mass is 10.1. The maximum Gasteiger partial charge on any atom is 0.200 e. The zero-order chi connectivity index (χ0) is 12.2. The summed E-state index contributed by atoms with van der Waals surface area (Å²) in [5.41, 5.74) is 1.22. The lowest BCUT2D eigenvalue weighted by Crippen LogP contribution is -2.15. The van der Waals surface area contributed by atoms with Gasteiger partial charge in [-0.05, 0) is 24.1 Å². The van der Waals surface area contributed by atoms with Crippen molar-refractivity contribution in [2.75, 3.05) is 25.1 Å². The molecule has 3 rings (SSSR count). The summed E-state index contributed by atoms with van der Waals surface area (Å²) in [5, 5.41) is 3.21. The Hall–Kier alpha value is -2.17. The highest BCUT2D eigenvalue weighted by atomic mass is 16.6. The van der Waals surface area contributed by atoms with Crippen molar-refractivity contribution in [3.63, 3.8) is 0 Å². The molecule has 5 heteroatoms. The van der Waals surface area contributed by atoms with E-state index >= 15 is 0 Å². The number of aromatic amines is 1. The van der Waals surface area contributed by atoms with E-state index in [0.29, 0.717) is 13.2 Å². The van der Waals surface area contributed by atoms with Crippen LogP contribution in [0.15, 0.2) is 30.6 Å². The molecule has 94 valence electrons. The van der Waals surface area contributed by atoms with Crippen LogP contribution in [0.4, 0.5) is 5.95 Å². The third-order valence-electron chi connectivity index (χ3n) is 2.81. The molecule has 5 nitrogen and oxygen atoms in total. The average molecular weight is 245 g/mol. The molecule has 18 heavy (non-hydrogen) atoms. The molecule has 0 unspecified atom stereocenters. The van der Waals surface area contributed by atoms with Gasteiger partial charge in [-0.2, -0.15) is 0 Å². The van der Waals surface area contributed by atoms with E-state index in [4.69, 9.17) is 9.47 Å². The number of nitrogens with one attached hydrogen (secondary N) is 2. The van der Waals surface area contributed by atoms with E-state index in [0.717, 1.165) is 30.4 Å². The predicted octanol–water partition coefficient (Wildman–Crippen LogP) is 1.84. The van der Waals surface area contributed by atoms with Gasteiger partial charge in [0.15, 0.2) is 17.4 Å². The molecule has 0 spiro atoms. The third-order valence-corrected chi connectivity index (χ3v) is 2.81. The number of anilines is 1. The number of fused-ring (bicyclic) bond motifs is 1. The molecule has 0 amide bonds. The van der Waals surface area contributed by atoms with E-state index in [9.17, 15) is 0 Å². The highest BCUT2D eigenvalue weighted by Gasteiger charge is 2.11. The summed E-state index contributed by atoms with van der Waals surface area (Å²) in [7, 11) is 0. The average Bonchev–Trinajstić information content (AvgIpc) is 2.92. The van der Waals surface area contributed by atoms with E-state index in [1.54, 1.807) is 12.4 Å². The molecule has 2 N–H and O–H groups in total. The van der Waals surface area contributed by atoms with Crippen LogP contribution in [-0.2, 0) is 6.42 Å². The van der Waals surface area contributed by atoms with Gasteiger partial charge in [-0.1, -0.05) is 6.07 Å². The van der Waals surface area contributed by atoms with Crippen molar-refractivity contribution in [3.05, 3.63) is 36.2 Å². The number of benzene rings is 1. The Labute approximate surface area is 105 Å². The monoisotopic (exact) mass is 245 g/mol. The van der Waals surface area contributed by atoms with Crippen LogP contribution in [0.2, 0.25) is 0 Å². The fourth-order valence-electron chi connectivity index (χ4n) is 1.93. The van der Waals surface area contributed by atoms with Crippen molar-refractivity contribution >= 4 is 5.95 Å². The SMILES string of the molecule is c1c[nH]c(NCCc2ccc3c(c2)OCCO3)n1. The zero-order valence-corrected chi connectivity index (χ0v) is 9.98. The van der Waals surface area contributed by atoms with E-state index in [2.05, 4.69) is 21.4 Å². The van der Waals surface area contributed by atoms with Gasteiger partial charge in [-0.25, -0.2) is 4.98 Å². The molecule has 0 atom stereocenters. The largest absolute Gasteiger partial charge is 0.486 e. The molecule has 0 aliphatic carbocycles. The number of nitrogens with zero attached hydrogens (tertiary/aromatic N) is 1. The molecule has 2 heterocycles. The highest BCUT2D eigenvalue weighted by Crippen LogP contribution is 2.30. The number of H-pyrrole nitrogens is 1. The van der Waals surface area contributed by atoms with Crippen LogP contribution < -0.4 is 14.8 Å². The first kappa shape index (κ1) is 11.0. The van der Waals surface area contributed by atoms with E-state index in [1.807, 2.05) is 12.1 Å². The third kappa shape index (κ3) is 2.40. The zero-order valence-electron chi connectivity index (χ0n) is 9.98. The maximum atomic E-state index is 5.55. The molecular formula is C13H15N3O2. The number of ether oxygens (including phenoxy) is 2. The normalized spacial score (nSPS) is 13.3. The van der Waals surface area contributed by atoms with Crippen LogP contribution >= 0.6 is 0 Å². The first-order chi connectivity index (χ1) is 8.92. The van der Waals surface area contributed by atoms with Crippen LogP contribution in [0.5, 0.6) is 11.5 Å². The molecular weight excluding hydrogens is 230 g/mol. The van der Waals surface area contributed by atoms with Gasteiger partial charge in [0.2, 0.25) is 0 Å². The first-order valence-electron chi connectivity index (χ1n) is 6.03. The molecule has 0 saturated carbocycles. The van der Waals surface area contributed by atoms with Crippen molar-refractivity contribution in [1.29, 1.82) is 0 Å². The number of rotatable bonds is 4. The standard InChI is InChI=1S/C13H15N3O2/c1-2-11-12(18-8-7-17-11)9-10(1)3-4-14-13-15-5-6-16-13/h1-2,5-6,9H,3-4,7-8H2,(H2,14,15,16). The van der Waals surface area contributed by atoms with Crippen molar-refractivity contribution in [3.8, 4) is 11.5 Å². The van der Waals surface area contributed by atoms with Gasteiger partial charge in [0.25, 0.3) is 0 Å². The van der Waals surface area contributed by atoms with Crippen LogP contribution in [0.1, 0.15) is 5.56 Å². The minimum atomic E-state index is 0.626. The lowest BCUT2D eigenvalue weighted by Gasteiger charge is -2.18. The Bertz CT molecular complexity index is 511. The van der Waals surface area contributed by atoms with Crippen LogP contribution in [0, 0.1) is 0 Å². The molecule has 0 saturated heterocycles.